The topological polar surface area (TPSA) is 55.1 Å². The lowest BCUT2D eigenvalue weighted by atomic mass is 9.83. The molecule has 0 heterocycles. The molecule has 98 valence electrons. The van der Waals surface area contributed by atoms with E-state index in [1.807, 2.05) is 36.4 Å². The van der Waals surface area contributed by atoms with Crippen molar-refractivity contribution >= 4 is 5.91 Å². The van der Waals surface area contributed by atoms with Crippen molar-refractivity contribution < 1.29 is 4.79 Å². The molecule has 0 unspecified atom stereocenters. The Bertz CT molecular complexity index is 430. The highest BCUT2D eigenvalue weighted by Gasteiger charge is 2.20. The van der Waals surface area contributed by atoms with Crippen LogP contribution in [0.2, 0.25) is 0 Å². The Labute approximate surface area is 109 Å². The largest absolute Gasteiger partial charge is 0.349 e. The lowest BCUT2D eigenvalue weighted by Gasteiger charge is -2.22. The Morgan fingerprint density at radius 1 is 1.28 bits per heavy atom. The molecule has 0 aliphatic carbocycles. The second-order valence-electron chi connectivity index (χ2n) is 5.21. The van der Waals surface area contributed by atoms with E-state index in [1.54, 1.807) is 0 Å². The number of rotatable bonds is 4. The van der Waals surface area contributed by atoms with Crippen LogP contribution < -0.4 is 11.1 Å². The molecule has 0 aromatic heterocycles. The van der Waals surface area contributed by atoms with Crippen LogP contribution in [0.15, 0.2) is 36.4 Å². The van der Waals surface area contributed by atoms with Crippen LogP contribution in [0.3, 0.4) is 0 Å². The number of nitrogens with one attached hydrogen (secondary N) is 1. The van der Waals surface area contributed by atoms with E-state index in [1.165, 1.54) is 0 Å². The highest BCUT2D eigenvalue weighted by molar-refractivity contribution is 5.96. The maximum absolute atomic E-state index is 12.1. The van der Waals surface area contributed by atoms with Gasteiger partial charge in [0, 0.05) is 18.7 Å². The average Bonchev–Trinajstić information content (AvgIpc) is 2.33. The fourth-order valence-electron chi connectivity index (χ4n) is 1.76. The van der Waals surface area contributed by atoms with E-state index in [-0.39, 0.29) is 11.3 Å². The van der Waals surface area contributed by atoms with Gasteiger partial charge in [0.25, 0.3) is 5.91 Å². The van der Waals surface area contributed by atoms with Gasteiger partial charge in [-0.15, -0.1) is 0 Å². The van der Waals surface area contributed by atoms with Crippen LogP contribution in [0.1, 0.15) is 36.7 Å². The Balaban J connectivity index is 2.83. The zero-order chi connectivity index (χ0) is 13.6. The highest BCUT2D eigenvalue weighted by atomic mass is 16.1. The van der Waals surface area contributed by atoms with Crippen LogP contribution in [0, 0.1) is 0 Å². The molecule has 0 aliphatic heterocycles. The summed E-state index contributed by atoms with van der Waals surface area (Å²) in [6.45, 7) is 7.32. The summed E-state index contributed by atoms with van der Waals surface area (Å²) in [7, 11) is 0. The summed E-state index contributed by atoms with van der Waals surface area (Å²) in [5.74, 6) is -0.0396. The number of hydrogen-bond acceptors (Lipinski definition) is 2. The standard InChI is InChI=1S/C15H22N2O/c1-15(2,3)13-9-5-4-8-12(13)14(18)17-11-7-6-10-16/h4-9H,10-11,16H2,1-3H3,(H,17,18)/b7-6+. The van der Waals surface area contributed by atoms with Crippen LogP contribution in [0.4, 0.5) is 0 Å². The smallest absolute Gasteiger partial charge is 0.251 e. The zero-order valence-electron chi connectivity index (χ0n) is 11.4. The number of carbonyl (C=O) groups excluding carboxylic acids is 1. The predicted molar refractivity (Wildman–Crippen MR) is 75.7 cm³/mol. The van der Waals surface area contributed by atoms with Gasteiger partial charge in [-0.05, 0) is 17.0 Å². The van der Waals surface area contributed by atoms with Crippen molar-refractivity contribution in [3.8, 4) is 0 Å². The number of benzene rings is 1. The molecule has 0 spiro atoms. The monoisotopic (exact) mass is 246 g/mol. The number of carbonyl (C=O) groups is 1. The van der Waals surface area contributed by atoms with Crippen molar-refractivity contribution in [1.82, 2.24) is 5.32 Å². The van der Waals surface area contributed by atoms with Crippen molar-refractivity contribution in [2.75, 3.05) is 13.1 Å². The third-order valence-electron chi connectivity index (χ3n) is 2.66. The van der Waals surface area contributed by atoms with Crippen LogP contribution in [-0.4, -0.2) is 19.0 Å². The van der Waals surface area contributed by atoms with Crippen LogP contribution in [0.25, 0.3) is 0 Å². The lowest BCUT2D eigenvalue weighted by molar-refractivity contribution is 0.0956. The van der Waals surface area contributed by atoms with E-state index in [0.29, 0.717) is 13.1 Å². The Hall–Kier alpha value is -1.61. The fourth-order valence-corrected chi connectivity index (χ4v) is 1.76. The van der Waals surface area contributed by atoms with Gasteiger partial charge in [-0.3, -0.25) is 4.79 Å². The third-order valence-corrected chi connectivity index (χ3v) is 2.66. The van der Waals surface area contributed by atoms with Gasteiger partial charge in [0.15, 0.2) is 0 Å². The lowest BCUT2D eigenvalue weighted by Crippen LogP contribution is -2.27. The fraction of sp³-hybridized carbons (Fsp3) is 0.400. The number of nitrogens with two attached hydrogens (primary N) is 1. The van der Waals surface area contributed by atoms with Gasteiger partial charge in [-0.2, -0.15) is 0 Å². The Morgan fingerprint density at radius 3 is 2.56 bits per heavy atom. The van der Waals surface area contributed by atoms with Crippen LogP contribution in [-0.2, 0) is 5.41 Å². The quantitative estimate of drug-likeness (QED) is 0.800. The summed E-state index contributed by atoms with van der Waals surface area (Å²) in [6, 6.07) is 7.72. The summed E-state index contributed by atoms with van der Waals surface area (Å²) >= 11 is 0. The first-order valence-corrected chi connectivity index (χ1v) is 6.19. The van der Waals surface area contributed by atoms with E-state index in [4.69, 9.17) is 5.73 Å². The van der Waals surface area contributed by atoms with E-state index < -0.39 is 0 Å². The molecule has 0 fully saturated rings. The summed E-state index contributed by atoms with van der Waals surface area (Å²) in [5.41, 5.74) is 7.10. The van der Waals surface area contributed by atoms with Gasteiger partial charge in [0.2, 0.25) is 0 Å². The first-order valence-electron chi connectivity index (χ1n) is 6.19. The summed E-state index contributed by atoms with van der Waals surface area (Å²) in [5, 5.41) is 2.86. The number of amides is 1. The minimum Gasteiger partial charge on any atom is -0.349 e. The molecule has 3 nitrogen and oxygen atoms in total. The zero-order valence-corrected chi connectivity index (χ0v) is 11.4. The molecular weight excluding hydrogens is 224 g/mol. The normalized spacial score (nSPS) is 11.8. The maximum atomic E-state index is 12.1. The van der Waals surface area contributed by atoms with E-state index >= 15 is 0 Å². The summed E-state index contributed by atoms with van der Waals surface area (Å²) < 4.78 is 0. The van der Waals surface area contributed by atoms with Crippen LogP contribution >= 0.6 is 0 Å². The van der Waals surface area contributed by atoms with Crippen molar-refractivity contribution in [3.05, 3.63) is 47.5 Å². The molecule has 3 N–H and O–H groups in total. The van der Waals surface area contributed by atoms with Crippen LogP contribution in [0.5, 0.6) is 0 Å². The second-order valence-corrected chi connectivity index (χ2v) is 5.21. The summed E-state index contributed by atoms with van der Waals surface area (Å²) in [4.78, 5) is 12.1. The molecule has 3 heteroatoms. The molecule has 0 aliphatic rings. The minimum atomic E-state index is -0.0406. The van der Waals surface area contributed by atoms with Crippen molar-refractivity contribution in [2.24, 2.45) is 5.73 Å². The SMILES string of the molecule is CC(C)(C)c1ccccc1C(=O)NC/C=C/CN. The molecule has 0 saturated heterocycles. The predicted octanol–water partition coefficient (Wildman–Crippen LogP) is 2.23. The van der Waals surface area contributed by atoms with Gasteiger partial charge in [0.1, 0.15) is 0 Å². The van der Waals surface area contributed by atoms with Gasteiger partial charge in [-0.25, -0.2) is 0 Å². The van der Waals surface area contributed by atoms with Crippen molar-refractivity contribution in [1.29, 1.82) is 0 Å². The maximum Gasteiger partial charge on any atom is 0.251 e. The molecule has 0 radical (unpaired) electrons. The molecule has 1 aromatic carbocycles. The summed E-state index contributed by atoms with van der Waals surface area (Å²) in [6.07, 6.45) is 3.69. The molecular formula is C15H22N2O. The van der Waals surface area contributed by atoms with Gasteiger partial charge in [-0.1, -0.05) is 51.1 Å². The average molecular weight is 246 g/mol. The van der Waals surface area contributed by atoms with Crippen molar-refractivity contribution in [3.63, 3.8) is 0 Å². The van der Waals surface area contributed by atoms with Crippen molar-refractivity contribution in [2.45, 2.75) is 26.2 Å². The first kappa shape index (κ1) is 14.5. The minimum absolute atomic E-state index is 0.0396. The van der Waals surface area contributed by atoms with Gasteiger partial charge >= 0.3 is 0 Å². The molecule has 1 amide bonds. The highest BCUT2D eigenvalue weighted by Crippen LogP contribution is 2.25. The second kappa shape index (κ2) is 6.36. The molecule has 0 saturated carbocycles. The van der Waals surface area contributed by atoms with Gasteiger partial charge in [0.05, 0.1) is 0 Å². The van der Waals surface area contributed by atoms with E-state index in [0.717, 1.165) is 11.1 Å². The molecule has 1 aromatic rings. The van der Waals surface area contributed by atoms with E-state index in [9.17, 15) is 4.79 Å². The first-order chi connectivity index (χ1) is 8.46. The molecule has 0 bridgehead atoms. The molecule has 0 atom stereocenters. The Kier molecular flexibility index (Phi) is 5.10. The third kappa shape index (κ3) is 4.00. The molecule has 1 rings (SSSR count). The number of hydrogen-bond donors (Lipinski definition) is 2. The Morgan fingerprint density at radius 2 is 1.94 bits per heavy atom. The van der Waals surface area contributed by atoms with E-state index in [2.05, 4.69) is 26.1 Å². The van der Waals surface area contributed by atoms with Gasteiger partial charge < -0.3 is 11.1 Å². The molecule has 18 heavy (non-hydrogen) atoms.